The average molecular weight is 433 g/mol. The second-order valence-electron chi connectivity index (χ2n) is 7.68. The molecule has 0 radical (unpaired) electrons. The quantitative estimate of drug-likeness (QED) is 0.614. The van der Waals surface area contributed by atoms with E-state index in [-0.39, 0.29) is 17.1 Å². The zero-order valence-corrected chi connectivity index (χ0v) is 18.8. The molecule has 8 heteroatoms. The van der Waals surface area contributed by atoms with E-state index in [1.54, 1.807) is 24.3 Å². The highest BCUT2D eigenvalue weighted by atomic mass is 32.2. The highest BCUT2D eigenvalue weighted by Gasteiger charge is 2.24. The molecule has 0 aliphatic carbocycles. The maximum atomic E-state index is 13.0. The zero-order chi connectivity index (χ0) is 21.6. The summed E-state index contributed by atoms with van der Waals surface area (Å²) in [5.41, 5.74) is 0.647. The fourth-order valence-electron chi connectivity index (χ4n) is 3.84. The molecule has 1 N–H and O–H groups in total. The second-order valence-corrected chi connectivity index (χ2v) is 9.54. The van der Waals surface area contributed by atoms with Gasteiger partial charge in [-0.3, -0.25) is 9.21 Å². The van der Waals surface area contributed by atoms with Crippen LogP contribution in [0.15, 0.2) is 53.6 Å². The third-order valence-electron chi connectivity index (χ3n) is 5.11. The van der Waals surface area contributed by atoms with Crippen molar-refractivity contribution >= 4 is 21.5 Å². The maximum Gasteiger partial charge on any atom is 0.265 e. The maximum absolute atomic E-state index is 13.0. The summed E-state index contributed by atoms with van der Waals surface area (Å²) in [4.78, 5) is 6.93. The molecule has 1 fully saturated rings. The SMILES string of the molecule is CCN(c1ccccc1)S(=O)(=O)c1ccc(NCCCN2CC(C)OC(C)C2)nc1. The van der Waals surface area contributed by atoms with Crippen LogP contribution in [0, 0.1) is 0 Å². The Labute approximate surface area is 180 Å². The van der Waals surface area contributed by atoms with Crippen molar-refractivity contribution in [3.8, 4) is 0 Å². The molecule has 3 rings (SSSR count). The monoisotopic (exact) mass is 432 g/mol. The lowest BCUT2D eigenvalue weighted by Gasteiger charge is -2.35. The van der Waals surface area contributed by atoms with E-state index in [0.29, 0.717) is 18.1 Å². The van der Waals surface area contributed by atoms with Crippen LogP contribution in [0.1, 0.15) is 27.2 Å². The molecule has 1 aliphatic heterocycles. The van der Waals surface area contributed by atoms with E-state index in [1.165, 1.54) is 10.5 Å². The summed E-state index contributed by atoms with van der Waals surface area (Å²) >= 11 is 0. The number of rotatable bonds is 9. The summed E-state index contributed by atoms with van der Waals surface area (Å²) in [6, 6.07) is 12.5. The molecule has 1 saturated heterocycles. The van der Waals surface area contributed by atoms with Crippen LogP contribution >= 0.6 is 0 Å². The van der Waals surface area contributed by atoms with Gasteiger partial charge in [0, 0.05) is 38.9 Å². The van der Waals surface area contributed by atoms with Crippen molar-refractivity contribution in [2.75, 3.05) is 42.3 Å². The fraction of sp³-hybridized carbons (Fsp3) is 0.500. The Balaban J connectivity index is 1.54. The number of para-hydroxylation sites is 1. The van der Waals surface area contributed by atoms with E-state index in [4.69, 9.17) is 4.74 Å². The summed E-state index contributed by atoms with van der Waals surface area (Å²) in [5.74, 6) is 0.681. The molecule has 1 aromatic heterocycles. The van der Waals surface area contributed by atoms with Crippen molar-refractivity contribution in [1.82, 2.24) is 9.88 Å². The Bertz CT molecular complexity index is 880. The number of benzene rings is 1. The summed E-state index contributed by atoms with van der Waals surface area (Å²) in [7, 11) is -3.65. The minimum Gasteiger partial charge on any atom is -0.373 e. The van der Waals surface area contributed by atoms with Crippen LogP contribution in [0.2, 0.25) is 0 Å². The number of hydrogen-bond acceptors (Lipinski definition) is 6. The molecule has 0 amide bonds. The Kier molecular flexibility index (Phi) is 7.69. The molecular formula is C22H32N4O3S. The van der Waals surface area contributed by atoms with Crippen molar-refractivity contribution in [3.63, 3.8) is 0 Å². The highest BCUT2D eigenvalue weighted by molar-refractivity contribution is 7.92. The number of anilines is 2. The molecule has 2 aromatic rings. The van der Waals surface area contributed by atoms with Crippen LogP contribution in [0.4, 0.5) is 11.5 Å². The topological polar surface area (TPSA) is 74.8 Å². The Hall–Kier alpha value is -2.16. The van der Waals surface area contributed by atoms with Crippen LogP contribution in [0.5, 0.6) is 0 Å². The van der Waals surface area contributed by atoms with E-state index in [9.17, 15) is 8.42 Å². The molecule has 0 saturated carbocycles. The molecule has 1 aromatic carbocycles. The van der Waals surface area contributed by atoms with E-state index in [2.05, 4.69) is 29.0 Å². The van der Waals surface area contributed by atoms with Crippen LogP contribution < -0.4 is 9.62 Å². The Morgan fingerprint density at radius 3 is 2.43 bits per heavy atom. The van der Waals surface area contributed by atoms with Crippen LogP contribution in [0.25, 0.3) is 0 Å². The number of morpholine rings is 1. The van der Waals surface area contributed by atoms with E-state index < -0.39 is 10.0 Å². The van der Waals surface area contributed by atoms with Crippen molar-refractivity contribution in [2.24, 2.45) is 0 Å². The number of nitrogens with zero attached hydrogens (tertiary/aromatic N) is 3. The molecule has 164 valence electrons. The third kappa shape index (κ3) is 5.71. The fourth-order valence-corrected chi connectivity index (χ4v) is 5.26. The van der Waals surface area contributed by atoms with Gasteiger partial charge >= 0.3 is 0 Å². The Morgan fingerprint density at radius 1 is 1.13 bits per heavy atom. The van der Waals surface area contributed by atoms with E-state index in [1.807, 2.05) is 25.1 Å². The van der Waals surface area contributed by atoms with Gasteiger partial charge in [-0.1, -0.05) is 18.2 Å². The van der Waals surface area contributed by atoms with Crippen LogP contribution in [-0.4, -0.2) is 63.2 Å². The van der Waals surface area contributed by atoms with Gasteiger partial charge in [0.1, 0.15) is 10.7 Å². The average Bonchev–Trinajstić information content (AvgIpc) is 2.72. The van der Waals surface area contributed by atoms with Crippen molar-refractivity contribution < 1.29 is 13.2 Å². The Morgan fingerprint density at radius 2 is 1.83 bits per heavy atom. The lowest BCUT2D eigenvalue weighted by Crippen LogP contribution is -2.45. The first-order valence-electron chi connectivity index (χ1n) is 10.6. The summed E-state index contributed by atoms with van der Waals surface area (Å²) in [6.07, 6.45) is 2.96. The molecule has 2 atom stereocenters. The first kappa shape index (κ1) is 22.5. The molecule has 2 unspecified atom stereocenters. The van der Waals surface area contributed by atoms with Gasteiger partial charge in [0.2, 0.25) is 0 Å². The number of aromatic nitrogens is 1. The smallest absolute Gasteiger partial charge is 0.265 e. The van der Waals surface area contributed by atoms with Gasteiger partial charge < -0.3 is 10.1 Å². The largest absolute Gasteiger partial charge is 0.373 e. The van der Waals surface area contributed by atoms with Gasteiger partial charge in [-0.2, -0.15) is 0 Å². The van der Waals surface area contributed by atoms with Crippen molar-refractivity contribution in [3.05, 3.63) is 48.7 Å². The summed E-state index contributed by atoms with van der Waals surface area (Å²) < 4.78 is 33.2. The first-order chi connectivity index (χ1) is 14.4. The van der Waals surface area contributed by atoms with Gasteiger partial charge in [-0.25, -0.2) is 13.4 Å². The van der Waals surface area contributed by atoms with Crippen molar-refractivity contribution in [1.29, 1.82) is 0 Å². The molecule has 30 heavy (non-hydrogen) atoms. The normalized spacial score (nSPS) is 20.1. The van der Waals surface area contributed by atoms with Gasteiger partial charge in [0.05, 0.1) is 17.9 Å². The second kappa shape index (κ2) is 10.2. The first-order valence-corrected chi connectivity index (χ1v) is 12.0. The predicted molar refractivity (Wildman–Crippen MR) is 120 cm³/mol. The van der Waals surface area contributed by atoms with Crippen LogP contribution in [0.3, 0.4) is 0 Å². The zero-order valence-electron chi connectivity index (χ0n) is 18.0. The molecule has 2 heterocycles. The molecule has 0 bridgehead atoms. The van der Waals surface area contributed by atoms with Gasteiger partial charge in [0.25, 0.3) is 10.0 Å². The minimum absolute atomic E-state index is 0.190. The highest BCUT2D eigenvalue weighted by Crippen LogP contribution is 2.23. The lowest BCUT2D eigenvalue weighted by molar-refractivity contribution is -0.0678. The lowest BCUT2D eigenvalue weighted by atomic mass is 10.2. The van der Waals surface area contributed by atoms with E-state index in [0.717, 1.165) is 32.6 Å². The molecule has 1 aliphatic rings. The molecular weight excluding hydrogens is 400 g/mol. The summed E-state index contributed by atoms with van der Waals surface area (Å²) in [6.45, 7) is 10.1. The number of hydrogen-bond donors (Lipinski definition) is 1. The molecule has 7 nitrogen and oxygen atoms in total. The summed E-state index contributed by atoms with van der Waals surface area (Å²) in [5, 5.41) is 3.28. The minimum atomic E-state index is -3.65. The number of sulfonamides is 1. The van der Waals surface area contributed by atoms with Crippen LogP contribution in [-0.2, 0) is 14.8 Å². The van der Waals surface area contributed by atoms with Crippen molar-refractivity contribution in [2.45, 2.75) is 44.3 Å². The number of pyridine rings is 1. The predicted octanol–water partition coefficient (Wildman–Crippen LogP) is 3.21. The van der Waals surface area contributed by atoms with Gasteiger partial charge in [0.15, 0.2) is 0 Å². The van der Waals surface area contributed by atoms with Gasteiger partial charge in [-0.05, 0) is 51.5 Å². The number of ether oxygens (including phenoxy) is 1. The van der Waals surface area contributed by atoms with E-state index >= 15 is 0 Å². The third-order valence-corrected chi connectivity index (χ3v) is 6.99. The van der Waals surface area contributed by atoms with Gasteiger partial charge in [-0.15, -0.1) is 0 Å². The molecule has 0 spiro atoms. The number of nitrogens with one attached hydrogen (secondary N) is 1. The standard InChI is InChI=1S/C22H32N4O3S/c1-4-26(20-9-6-5-7-10-20)30(27,28)21-11-12-22(24-15-21)23-13-8-14-25-16-18(2)29-19(3)17-25/h5-7,9-12,15,18-19H,4,8,13-14,16-17H2,1-3H3,(H,23,24).